The topological polar surface area (TPSA) is 15.3 Å². The van der Waals surface area contributed by atoms with Gasteiger partial charge in [0.2, 0.25) is 0 Å². The molecule has 1 atom stereocenters. The van der Waals surface area contributed by atoms with Crippen molar-refractivity contribution in [2.75, 3.05) is 25.0 Å². The third-order valence-electron chi connectivity index (χ3n) is 3.91. The summed E-state index contributed by atoms with van der Waals surface area (Å²) in [7, 11) is 2.20. The average Bonchev–Trinajstić information content (AvgIpc) is 2.37. The number of fused-ring (bicyclic) bond motifs is 1. The summed E-state index contributed by atoms with van der Waals surface area (Å²) in [5.41, 5.74) is 4.47. The lowest BCUT2D eigenvalue weighted by atomic mass is 9.97. The fourth-order valence-corrected chi connectivity index (χ4v) is 2.83. The number of benzene rings is 1. The summed E-state index contributed by atoms with van der Waals surface area (Å²) >= 11 is 0. The summed E-state index contributed by atoms with van der Waals surface area (Å²) in [5.74, 6) is 0. The van der Waals surface area contributed by atoms with Gasteiger partial charge < -0.3 is 10.2 Å². The first-order valence-electron chi connectivity index (χ1n) is 7.27. The SMILES string of the molecule is CCNC(C)CCc1ccc2c(c1)CCCN2C. The van der Waals surface area contributed by atoms with Gasteiger partial charge in [-0.05, 0) is 56.3 Å². The Morgan fingerprint density at radius 3 is 3.00 bits per heavy atom. The zero-order valence-electron chi connectivity index (χ0n) is 12.0. The summed E-state index contributed by atoms with van der Waals surface area (Å²) in [4.78, 5) is 2.38. The summed E-state index contributed by atoms with van der Waals surface area (Å²) in [6.45, 7) is 6.71. The molecule has 2 nitrogen and oxygen atoms in total. The summed E-state index contributed by atoms with van der Waals surface area (Å²) in [5, 5.41) is 3.48. The van der Waals surface area contributed by atoms with E-state index in [-0.39, 0.29) is 0 Å². The highest BCUT2D eigenvalue weighted by atomic mass is 15.1. The van der Waals surface area contributed by atoms with Crippen molar-refractivity contribution in [3.05, 3.63) is 29.3 Å². The third kappa shape index (κ3) is 3.26. The molecule has 1 aromatic rings. The van der Waals surface area contributed by atoms with Crippen LogP contribution in [0.3, 0.4) is 0 Å². The predicted octanol–water partition coefficient (Wildman–Crippen LogP) is 3.00. The van der Waals surface area contributed by atoms with Crippen molar-refractivity contribution in [3.8, 4) is 0 Å². The molecule has 0 fully saturated rings. The summed E-state index contributed by atoms with van der Waals surface area (Å²) in [6, 6.07) is 7.65. The molecule has 1 heterocycles. The number of nitrogens with zero attached hydrogens (tertiary/aromatic N) is 1. The highest BCUT2D eigenvalue weighted by molar-refractivity contribution is 5.56. The molecule has 0 amide bonds. The van der Waals surface area contributed by atoms with E-state index in [0.717, 1.165) is 6.54 Å². The zero-order chi connectivity index (χ0) is 13.0. The van der Waals surface area contributed by atoms with Crippen LogP contribution in [0.15, 0.2) is 18.2 Å². The minimum atomic E-state index is 0.619. The van der Waals surface area contributed by atoms with Crippen LogP contribution in [-0.4, -0.2) is 26.2 Å². The first-order chi connectivity index (χ1) is 8.70. The third-order valence-corrected chi connectivity index (χ3v) is 3.91. The van der Waals surface area contributed by atoms with Crippen molar-refractivity contribution >= 4 is 5.69 Å². The van der Waals surface area contributed by atoms with E-state index in [9.17, 15) is 0 Å². The van der Waals surface area contributed by atoms with E-state index in [4.69, 9.17) is 0 Å². The Kier molecular flexibility index (Phi) is 4.65. The van der Waals surface area contributed by atoms with Gasteiger partial charge in [0.05, 0.1) is 0 Å². The first kappa shape index (κ1) is 13.4. The molecule has 0 aliphatic carbocycles. The van der Waals surface area contributed by atoms with E-state index < -0.39 is 0 Å². The zero-order valence-corrected chi connectivity index (χ0v) is 12.0. The number of rotatable bonds is 5. The van der Waals surface area contributed by atoms with Crippen molar-refractivity contribution < 1.29 is 0 Å². The highest BCUT2D eigenvalue weighted by Gasteiger charge is 2.13. The Bertz CT molecular complexity index is 387. The lowest BCUT2D eigenvalue weighted by molar-refractivity contribution is 0.530. The molecule has 1 unspecified atom stereocenters. The second kappa shape index (κ2) is 6.24. The molecule has 1 aliphatic rings. The van der Waals surface area contributed by atoms with E-state index >= 15 is 0 Å². The molecule has 0 saturated carbocycles. The maximum absolute atomic E-state index is 3.48. The van der Waals surface area contributed by atoms with Crippen LogP contribution in [0.25, 0.3) is 0 Å². The van der Waals surface area contributed by atoms with Crippen molar-refractivity contribution in [2.45, 2.75) is 45.6 Å². The highest BCUT2D eigenvalue weighted by Crippen LogP contribution is 2.27. The molecular formula is C16H26N2. The Labute approximate surface area is 111 Å². The Hall–Kier alpha value is -1.02. The van der Waals surface area contributed by atoms with Gasteiger partial charge in [-0.3, -0.25) is 0 Å². The van der Waals surface area contributed by atoms with Crippen molar-refractivity contribution in [3.63, 3.8) is 0 Å². The molecule has 2 heteroatoms. The number of aryl methyl sites for hydroxylation is 2. The van der Waals surface area contributed by atoms with Crippen molar-refractivity contribution in [1.29, 1.82) is 0 Å². The summed E-state index contributed by atoms with van der Waals surface area (Å²) < 4.78 is 0. The first-order valence-corrected chi connectivity index (χ1v) is 7.27. The average molecular weight is 246 g/mol. The monoisotopic (exact) mass is 246 g/mol. The molecule has 0 saturated heterocycles. The van der Waals surface area contributed by atoms with Crippen molar-refractivity contribution in [1.82, 2.24) is 5.32 Å². The van der Waals surface area contributed by atoms with E-state index in [1.165, 1.54) is 49.0 Å². The van der Waals surface area contributed by atoms with Crippen LogP contribution >= 0.6 is 0 Å². The fraction of sp³-hybridized carbons (Fsp3) is 0.625. The van der Waals surface area contributed by atoms with Gasteiger partial charge in [0, 0.05) is 25.3 Å². The normalized spacial score (nSPS) is 16.5. The van der Waals surface area contributed by atoms with Gasteiger partial charge in [-0.2, -0.15) is 0 Å². The Balaban J connectivity index is 1.98. The quantitative estimate of drug-likeness (QED) is 0.859. The van der Waals surface area contributed by atoms with Crippen LogP contribution < -0.4 is 10.2 Å². The van der Waals surface area contributed by atoms with Crippen LogP contribution in [0.1, 0.15) is 37.8 Å². The molecule has 100 valence electrons. The number of hydrogen-bond donors (Lipinski definition) is 1. The van der Waals surface area contributed by atoms with Gasteiger partial charge in [0.15, 0.2) is 0 Å². The molecule has 0 aromatic heterocycles. The number of hydrogen-bond acceptors (Lipinski definition) is 2. The van der Waals surface area contributed by atoms with E-state index in [1.807, 2.05) is 0 Å². The minimum absolute atomic E-state index is 0.619. The van der Waals surface area contributed by atoms with Crippen molar-refractivity contribution in [2.24, 2.45) is 0 Å². The van der Waals surface area contributed by atoms with Crippen LogP contribution in [0.4, 0.5) is 5.69 Å². The Morgan fingerprint density at radius 2 is 2.22 bits per heavy atom. The van der Waals surface area contributed by atoms with E-state index in [0.29, 0.717) is 6.04 Å². The second-order valence-electron chi connectivity index (χ2n) is 5.49. The van der Waals surface area contributed by atoms with E-state index in [1.54, 1.807) is 0 Å². The standard InChI is InChI=1S/C16H26N2/c1-4-17-13(2)7-8-14-9-10-16-15(12-14)6-5-11-18(16)3/h9-10,12-13,17H,4-8,11H2,1-3H3. The molecule has 18 heavy (non-hydrogen) atoms. The minimum Gasteiger partial charge on any atom is -0.374 e. The lowest BCUT2D eigenvalue weighted by Crippen LogP contribution is -2.26. The molecule has 1 aromatic carbocycles. The largest absolute Gasteiger partial charge is 0.374 e. The molecule has 2 rings (SSSR count). The van der Waals surface area contributed by atoms with Crippen LogP contribution in [0, 0.1) is 0 Å². The van der Waals surface area contributed by atoms with Gasteiger partial charge in [0.1, 0.15) is 0 Å². The Morgan fingerprint density at radius 1 is 1.39 bits per heavy atom. The molecule has 0 radical (unpaired) electrons. The summed E-state index contributed by atoms with van der Waals surface area (Å²) in [6.07, 6.45) is 4.95. The van der Waals surface area contributed by atoms with E-state index in [2.05, 4.69) is 49.3 Å². The van der Waals surface area contributed by atoms with Gasteiger partial charge >= 0.3 is 0 Å². The van der Waals surface area contributed by atoms with Gasteiger partial charge in [-0.1, -0.05) is 19.1 Å². The van der Waals surface area contributed by atoms with Crippen LogP contribution in [0.5, 0.6) is 0 Å². The van der Waals surface area contributed by atoms with Gasteiger partial charge in [0.25, 0.3) is 0 Å². The van der Waals surface area contributed by atoms with Crippen LogP contribution in [-0.2, 0) is 12.8 Å². The molecular weight excluding hydrogens is 220 g/mol. The fourth-order valence-electron chi connectivity index (χ4n) is 2.83. The van der Waals surface area contributed by atoms with Gasteiger partial charge in [-0.25, -0.2) is 0 Å². The second-order valence-corrected chi connectivity index (χ2v) is 5.49. The van der Waals surface area contributed by atoms with Gasteiger partial charge in [-0.15, -0.1) is 0 Å². The number of anilines is 1. The predicted molar refractivity (Wildman–Crippen MR) is 79.5 cm³/mol. The molecule has 0 bridgehead atoms. The smallest absolute Gasteiger partial charge is 0.0396 e. The maximum Gasteiger partial charge on any atom is 0.0396 e. The maximum atomic E-state index is 3.48. The molecule has 1 N–H and O–H groups in total. The molecule has 1 aliphatic heterocycles. The molecule has 0 spiro atoms. The number of nitrogens with one attached hydrogen (secondary N) is 1. The van der Waals surface area contributed by atoms with Crippen LogP contribution in [0.2, 0.25) is 0 Å². The lowest BCUT2D eigenvalue weighted by Gasteiger charge is -2.28.